The van der Waals surface area contributed by atoms with E-state index in [-0.39, 0.29) is 25.3 Å². The second-order valence-corrected chi connectivity index (χ2v) is 7.87. The van der Waals surface area contributed by atoms with Gasteiger partial charge in [0, 0.05) is 6.20 Å². The van der Waals surface area contributed by atoms with Gasteiger partial charge in [-0.25, -0.2) is 4.79 Å². The average molecular weight is 421 g/mol. The zero-order valence-corrected chi connectivity index (χ0v) is 16.8. The lowest BCUT2D eigenvalue weighted by molar-refractivity contribution is -0.137. The molecule has 2 heterocycles. The topological polar surface area (TPSA) is 66.2 Å². The van der Waals surface area contributed by atoms with Gasteiger partial charge in [-0.15, -0.1) is 0 Å². The second kappa shape index (κ2) is 9.11. The van der Waals surface area contributed by atoms with Gasteiger partial charge in [0.15, 0.2) is 0 Å². The van der Waals surface area contributed by atoms with E-state index in [4.69, 9.17) is 13.8 Å². The third-order valence-corrected chi connectivity index (χ3v) is 5.82. The number of carbonyl (C=O) groups excluding carboxylic acids is 1. The molecule has 0 spiro atoms. The Morgan fingerprint density at radius 3 is 2.21 bits per heavy atom. The number of fused-ring (bicyclic) bond motifs is 1. The predicted octanol–water partition coefficient (Wildman–Crippen LogP) is 4.81. The molecule has 0 atom stereocenters. The van der Waals surface area contributed by atoms with Gasteiger partial charge < -0.3 is 18.2 Å². The van der Waals surface area contributed by atoms with Gasteiger partial charge in [0.05, 0.1) is 25.3 Å². The molecule has 2 rings (SSSR count). The molecular formula is C18H23F3NO5P. The Balaban J connectivity index is 2.90. The van der Waals surface area contributed by atoms with Crippen LogP contribution in [0.2, 0.25) is 0 Å². The number of carbonyl (C=O) groups is 1. The van der Waals surface area contributed by atoms with Crippen LogP contribution in [-0.2, 0) is 24.5 Å². The highest BCUT2D eigenvalue weighted by atomic mass is 31.2. The molecule has 0 saturated heterocycles. The number of alkyl halides is 3. The number of esters is 1. The van der Waals surface area contributed by atoms with Crippen molar-refractivity contribution in [3.8, 4) is 0 Å². The van der Waals surface area contributed by atoms with Gasteiger partial charge >= 0.3 is 19.7 Å². The molecule has 2 aromatic rings. The molecule has 10 heteroatoms. The average Bonchev–Trinajstić information content (AvgIpc) is 3.01. The fourth-order valence-electron chi connectivity index (χ4n) is 2.73. The van der Waals surface area contributed by atoms with Gasteiger partial charge in [-0.3, -0.25) is 4.57 Å². The van der Waals surface area contributed by atoms with Crippen molar-refractivity contribution < 1.29 is 36.3 Å². The SMILES string of the molecule is CCCOP(=O)(OCCC)c1c(C(F)(F)F)c(C(=O)OCC)n2ccccc12. The van der Waals surface area contributed by atoms with Crippen LogP contribution in [0.15, 0.2) is 24.4 Å². The van der Waals surface area contributed by atoms with Crippen LogP contribution in [0.5, 0.6) is 0 Å². The van der Waals surface area contributed by atoms with E-state index in [1.165, 1.54) is 31.3 Å². The summed E-state index contributed by atoms with van der Waals surface area (Å²) in [6, 6.07) is 4.28. The molecule has 156 valence electrons. The lowest BCUT2D eigenvalue weighted by Crippen LogP contribution is -2.23. The van der Waals surface area contributed by atoms with Crippen LogP contribution in [0.25, 0.3) is 5.52 Å². The van der Waals surface area contributed by atoms with Crippen molar-refractivity contribution in [1.82, 2.24) is 4.40 Å². The van der Waals surface area contributed by atoms with Crippen LogP contribution < -0.4 is 5.30 Å². The Kier molecular flexibility index (Phi) is 7.31. The molecule has 0 aliphatic rings. The van der Waals surface area contributed by atoms with Crippen molar-refractivity contribution in [2.45, 2.75) is 39.8 Å². The lowest BCUT2D eigenvalue weighted by Gasteiger charge is -2.20. The quantitative estimate of drug-likeness (QED) is 0.430. The molecule has 0 saturated carbocycles. The summed E-state index contributed by atoms with van der Waals surface area (Å²) in [7, 11) is -4.37. The van der Waals surface area contributed by atoms with Crippen molar-refractivity contribution in [3.63, 3.8) is 0 Å². The van der Waals surface area contributed by atoms with E-state index in [1.54, 1.807) is 13.8 Å². The number of hydrogen-bond donors (Lipinski definition) is 0. The van der Waals surface area contributed by atoms with E-state index >= 15 is 0 Å². The third-order valence-electron chi connectivity index (χ3n) is 3.77. The lowest BCUT2D eigenvalue weighted by atomic mass is 10.2. The summed E-state index contributed by atoms with van der Waals surface area (Å²) in [6.45, 7) is 4.73. The van der Waals surface area contributed by atoms with Gasteiger partial charge in [-0.05, 0) is 31.9 Å². The maximum atomic E-state index is 14.1. The minimum absolute atomic E-state index is 0.0583. The maximum absolute atomic E-state index is 14.1. The van der Waals surface area contributed by atoms with Crippen molar-refractivity contribution in [2.75, 3.05) is 19.8 Å². The van der Waals surface area contributed by atoms with Crippen LogP contribution in [0.4, 0.5) is 13.2 Å². The Labute approximate surface area is 161 Å². The molecular weight excluding hydrogens is 398 g/mol. The molecule has 0 unspecified atom stereocenters. The highest BCUT2D eigenvalue weighted by Gasteiger charge is 2.48. The molecule has 0 aromatic carbocycles. The van der Waals surface area contributed by atoms with E-state index < -0.39 is 36.3 Å². The Morgan fingerprint density at radius 2 is 1.71 bits per heavy atom. The molecule has 0 amide bonds. The minimum atomic E-state index is -4.98. The first-order valence-electron chi connectivity index (χ1n) is 8.98. The first-order valence-corrected chi connectivity index (χ1v) is 10.5. The zero-order valence-electron chi connectivity index (χ0n) is 15.9. The number of hydrogen-bond acceptors (Lipinski definition) is 5. The smallest absolute Gasteiger partial charge is 0.419 e. The van der Waals surface area contributed by atoms with Gasteiger partial charge in [0.25, 0.3) is 0 Å². The summed E-state index contributed by atoms with van der Waals surface area (Å²) in [5, 5.41) is -0.662. The maximum Gasteiger partial charge on any atom is 0.419 e. The minimum Gasteiger partial charge on any atom is -0.461 e. The van der Waals surface area contributed by atoms with Crippen molar-refractivity contribution in [1.29, 1.82) is 0 Å². The standard InChI is InChI=1S/C18H23F3NO5P/c1-4-11-26-28(24,27-12-5-2)16-13-9-7-8-10-22(13)15(17(23)25-6-3)14(16)18(19,20)21/h7-10H,4-6,11-12H2,1-3H3. The molecule has 6 nitrogen and oxygen atoms in total. The molecule has 2 aromatic heterocycles. The number of nitrogens with zero attached hydrogens (tertiary/aromatic N) is 1. The van der Waals surface area contributed by atoms with E-state index in [9.17, 15) is 22.5 Å². The zero-order chi connectivity index (χ0) is 20.9. The normalized spacial score (nSPS) is 12.5. The third kappa shape index (κ3) is 4.42. The van der Waals surface area contributed by atoms with Crippen molar-refractivity contribution in [3.05, 3.63) is 35.7 Å². The Hall–Kier alpha value is -1.83. The fourth-order valence-corrected chi connectivity index (χ4v) is 4.87. The Morgan fingerprint density at radius 1 is 1.11 bits per heavy atom. The van der Waals surface area contributed by atoms with Gasteiger partial charge in [-0.1, -0.05) is 19.9 Å². The van der Waals surface area contributed by atoms with Gasteiger partial charge in [0.2, 0.25) is 0 Å². The number of halogens is 3. The molecule has 0 aliphatic heterocycles. The summed E-state index contributed by atoms with van der Waals surface area (Å²) in [5.74, 6) is -1.17. The van der Waals surface area contributed by atoms with Crippen molar-refractivity contribution in [2.24, 2.45) is 0 Å². The van der Waals surface area contributed by atoms with Crippen LogP contribution in [0, 0.1) is 0 Å². The predicted molar refractivity (Wildman–Crippen MR) is 98.1 cm³/mol. The Bertz CT molecular complexity index is 866. The highest BCUT2D eigenvalue weighted by Crippen LogP contribution is 2.52. The van der Waals surface area contributed by atoms with Gasteiger partial charge in [0.1, 0.15) is 16.6 Å². The fraction of sp³-hybridized carbons (Fsp3) is 0.500. The molecule has 0 radical (unpaired) electrons. The summed E-state index contributed by atoms with van der Waals surface area (Å²) >= 11 is 0. The summed E-state index contributed by atoms with van der Waals surface area (Å²) in [6.07, 6.45) is -2.84. The largest absolute Gasteiger partial charge is 0.461 e. The number of aromatic nitrogens is 1. The number of pyridine rings is 1. The second-order valence-electron chi connectivity index (χ2n) is 5.91. The molecule has 0 N–H and O–H groups in total. The van der Waals surface area contributed by atoms with E-state index in [1.807, 2.05) is 0 Å². The summed E-state index contributed by atoms with van der Waals surface area (Å²) in [4.78, 5) is 12.4. The first kappa shape index (κ1) is 22.5. The van der Waals surface area contributed by atoms with Gasteiger partial charge in [-0.2, -0.15) is 13.2 Å². The van der Waals surface area contributed by atoms with E-state index in [0.717, 1.165) is 4.40 Å². The monoisotopic (exact) mass is 421 g/mol. The van der Waals surface area contributed by atoms with Crippen LogP contribution in [0.1, 0.15) is 49.7 Å². The van der Waals surface area contributed by atoms with Crippen LogP contribution in [0.3, 0.4) is 0 Å². The summed E-state index contributed by atoms with van der Waals surface area (Å²) in [5.41, 5.74) is -2.18. The summed E-state index contributed by atoms with van der Waals surface area (Å²) < 4.78 is 72.2. The number of ether oxygens (including phenoxy) is 1. The highest BCUT2D eigenvalue weighted by molar-refractivity contribution is 7.62. The first-order chi connectivity index (χ1) is 13.2. The molecule has 0 aliphatic carbocycles. The number of rotatable bonds is 9. The van der Waals surface area contributed by atoms with Crippen molar-refractivity contribution >= 4 is 24.4 Å². The van der Waals surface area contributed by atoms with Crippen LogP contribution >= 0.6 is 7.60 Å². The molecule has 28 heavy (non-hydrogen) atoms. The molecule has 0 fully saturated rings. The molecule has 0 bridgehead atoms. The van der Waals surface area contributed by atoms with E-state index in [2.05, 4.69) is 0 Å². The van der Waals surface area contributed by atoms with E-state index in [0.29, 0.717) is 12.8 Å². The van der Waals surface area contributed by atoms with Crippen LogP contribution in [-0.4, -0.2) is 30.2 Å².